The molecule has 0 aromatic carbocycles. The first-order chi connectivity index (χ1) is 14.4. The van der Waals surface area contributed by atoms with Gasteiger partial charge in [-0.15, -0.1) is 0 Å². The zero-order valence-electron chi connectivity index (χ0n) is 17.5. The number of carbonyl (C=O) groups excluding carboxylic acids is 1. The van der Waals surface area contributed by atoms with Crippen LogP contribution in [0.5, 0.6) is 0 Å². The monoisotopic (exact) mass is 431 g/mol. The van der Waals surface area contributed by atoms with Crippen LogP contribution in [-0.4, -0.2) is 31.2 Å². The van der Waals surface area contributed by atoms with Crippen LogP contribution in [0, 0.1) is 11.8 Å². The highest BCUT2D eigenvalue weighted by atomic mass is 32.2. The number of nitrogens with zero attached hydrogens (tertiary/aromatic N) is 5. The molecule has 3 aromatic heterocycles. The Bertz CT molecular complexity index is 970. The highest BCUT2D eigenvalue weighted by Crippen LogP contribution is 2.24. The van der Waals surface area contributed by atoms with Gasteiger partial charge >= 0.3 is 5.97 Å². The summed E-state index contributed by atoms with van der Waals surface area (Å²) in [5.74, 6) is 2.78. The van der Waals surface area contributed by atoms with Gasteiger partial charge in [0, 0.05) is 19.0 Å². The van der Waals surface area contributed by atoms with E-state index in [1.54, 1.807) is 18.3 Å². The minimum atomic E-state index is -0.514. The standard InChI is InChI=1S/C20H25N5O4S/c1-12(2)8-15-22-17(28-24-15)10-27-20(26)14-6-5-7-21-19(14)30-11-18-23-16(25-29-18)9-13(3)4/h5-7,12-13H,8-11H2,1-4H3. The van der Waals surface area contributed by atoms with E-state index in [9.17, 15) is 4.79 Å². The van der Waals surface area contributed by atoms with Gasteiger partial charge < -0.3 is 13.8 Å². The molecule has 0 unspecified atom stereocenters. The highest BCUT2D eigenvalue weighted by Gasteiger charge is 2.18. The molecule has 0 aliphatic carbocycles. The molecule has 0 spiro atoms. The summed E-state index contributed by atoms with van der Waals surface area (Å²) in [7, 11) is 0. The number of thioether (sulfide) groups is 1. The fraction of sp³-hybridized carbons (Fsp3) is 0.500. The smallest absolute Gasteiger partial charge is 0.341 e. The molecule has 9 nitrogen and oxygen atoms in total. The Morgan fingerprint density at radius 3 is 2.33 bits per heavy atom. The summed E-state index contributed by atoms with van der Waals surface area (Å²) in [6, 6.07) is 3.34. The molecular weight excluding hydrogens is 406 g/mol. The van der Waals surface area contributed by atoms with Crippen LogP contribution in [0.2, 0.25) is 0 Å². The minimum Gasteiger partial charge on any atom is -0.452 e. The Balaban J connectivity index is 1.58. The van der Waals surface area contributed by atoms with E-state index in [0.29, 0.717) is 52.1 Å². The Hall–Kier alpha value is -2.75. The third-order valence-electron chi connectivity index (χ3n) is 3.85. The molecule has 0 saturated carbocycles. The van der Waals surface area contributed by atoms with Gasteiger partial charge in [-0.3, -0.25) is 0 Å². The first-order valence-electron chi connectivity index (χ1n) is 9.78. The van der Waals surface area contributed by atoms with Gasteiger partial charge in [0.25, 0.3) is 5.89 Å². The van der Waals surface area contributed by atoms with E-state index in [4.69, 9.17) is 13.8 Å². The molecule has 160 valence electrons. The predicted octanol–water partition coefficient (Wildman–Crippen LogP) is 3.89. The summed E-state index contributed by atoms with van der Waals surface area (Å²) >= 11 is 1.33. The minimum absolute atomic E-state index is 0.0921. The summed E-state index contributed by atoms with van der Waals surface area (Å²) in [5, 5.41) is 8.39. The van der Waals surface area contributed by atoms with Crippen molar-refractivity contribution in [3.8, 4) is 0 Å². The second-order valence-electron chi connectivity index (χ2n) is 7.63. The molecular formula is C20H25N5O4S. The van der Waals surface area contributed by atoms with Gasteiger partial charge in [0.15, 0.2) is 18.3 Å². The van der Waals surface area contributed by atoms with Gasteiger partial charge in [-0.2, -0.15) is 9.97 Å². The molecule has 3 heterocycles. The molecule has 0 fully saturated rings. The van der Waals surface area contributed by atoms with Crippen molar-refractivity contribution in [2.45, 2.75) is 57.9 Å². The lowest BCUT2D eigenvalue weighted by atomic mass is 10.1. The maximum Gasteiger partial charge on any atom is 0.341 e. The Morgan fingerprint density at radius 2 is 1.67 bits per heavy atom. The van der Waals surface area contributed by atoms with Crippen LogP contribution < -0.4 is 0 Å². The quantitative estimate of drug-likeness (QED) is 0.345. The normalized spacial score (nSPS) is 11.4. The van der Waals surface area contributed by atoms with E-state index >= 15 is 0 Å². The fourth-order valence-corrected chi connectivity index (χ4v) is 3.41. The number of rotatable bonds is 10. The Morgan fingerprint density at radius 1 is 1.03 bits per heavy atom. The second-order valence-corrected chi connectivity index (χ2v) is 8.59. The number of hydrogen-bond acceptors (Lipinski definition) is 10. The van der Waals surface area contributed by atoms with Crippen molar-refractivity contribution in [1.82, 2.24) is 25.3 Å². The summed E-state index contributed by atoms with van der Waals surface area (Å²) in [6.07, 6.45) is 3.08. The lowest BCUT2D eigenvalue weighted by Crippen LogP contribution is -2.08. The molecule has 3 aromatic rings. The lowest BCUT2D eigenvalue weighted by Gasteiger charge is -2.06. The number of esters is 1. The molecule has 0 atom stereocenters. The molecule has 10 heteroatoms. The van der Waals surface area contributed by atoms with Crippen molar-refractivity contribution >= 4 is 17.7 Å². The van der Waals surface area contributed by atoms with Gasteiger partial charge in [0.1, 0.15) is 5.03 Å². The van der Waals surface area contributed by atoms with Crippen LogP contribution >= 0.6 is 11.8 Å². The molecule has 0 radical (unpaired) electrons. The Labute approximate surface area is 179 Å². The van der Waals surface area contributed by atoms with Crippen LogP contribution in [0.4, 0.5) is 0 Å². The molecule has 0 bridgehead atoms. The predicted molar refractivity (Wildman–Crippen MR) is 109 cm³/mol. The third kappa shape index (κ3) is 6.38. The molecule has 0 saturated heterocycles. The molecule has 0 N–H and O–H groups in total. The van der Waals surface area contributed by atoms with Crippen molar-refractivity contribution in [1.29, 1.82) is 0 Å². The molecule has 0 aliphatic rings. The van der Waals surface area contributed by atoms with Crippen LogP contribution in [0.15, 0.2) is 32.4 Å². The number of carbonyl (C=O) groups is 1. The summed E-state index contributed by atoms with van der Waals surface area (Å²) in [6.45, 7) is 8.23. The SMILES string of the molecule is CC(C)Cc1noc(COC(=O)c2cccnc2SCc2nc(CC(C)C)no2)n1. The number of pyridine rings is 1. The van der Waals surface area contributed by atoms with Crippen LogP contribution in [0.3, 0.4) is 0 Å². The summed E-state index contributed by atoms with van der Waals surface area (Å²) < 4.78 is 15.7. The van der Waals surface area contributed by atoms with Crippen molar-refractivity contribution in [3.63, 3.8) is 0 Å². The van der Waals surface area contributed by atoms with Crippen molar-refractivity contribution in [2.24, 2.45) is 11.8 Å². The number of hydrogen-bond donors (Lipinski definition) is 0. The van der Waals surface area contributed by atoms with E-state index in [0.717, 1.165) is 6.42 Å². The van der Waals surface area contributed by atoms with E-state index in [2.05, 4.69) is 53.0 Å². The van der Waals surface area contributed by atoms with Gasteiger partial charge in [-0.05, 0) is 24.0 Å². The van der Waals surface area contributed by atoms with Gasteiger partial charge in [-0.1, -0.05) is 49.8 Å². The van der Waals surface area contributed by atoms with Crippen molar-refractivity contribution in [2.75, 3.05) is 0 Å². The zero-order valence-corrected chi connectivity index (χ0v) is 18.3. The maximum absolute atomic E-state index is 12.5. The van der Waals surface area contributed by atoms with E-state index < -0.39 is 5.97 Å². The van der Waals surface area contributed by atoms with E-state index in [-0.39, 0.29) is 12.5 Å². The topological polar surface area (TPSA) is 117 Å². The molecule has 0 amide bonds. The van der Waals surface area contributed by atoms with Crippen LogP contribution in [0.1, 0.15) is 61.5 Å². The average molecular weight is 432 g/mol. The molecule has 30 heavy (non-hydrogen) atoms. The molecule has 3 rings (SSSR count). The van der Waals surface area contributed by atoms with E-state index in [1.807, 2.05) is 0 Å². The average Bonchev–Trinajstić information content (AvgIpc) is 3.33. The fourth-order valence-electron chi connectivity index (χ4n) is 2.59. The lowest BCUT2D eigenvalue weighted by molar-refractivity contribution is 0.0424. The first-order valence-corrected chi connectivity index (χ1v) is 10.8. The summed E-state index contributed by atoms with van der Waals surface area (Å²) in [5.41, 5.74) is 0.353. The number of ether oxygens (including phenoxy) is 1. The van der Waals surface area contributed by atoms with Gasteiger partial charge in [-0.25, -0.2) is 9.78 Å². The zero-order chi connectivity index (χ0) is 21.5. The Kier molecular flexibility index (Phi) is 7.56. The van der Waals surface area contributed by atoms with Crippen molar-refractivity contribution in [3.05, 3.63) is 47.3 Å². The largest absolute Gasteiger partial charge is 0.452 e. The molecule has 0 aliphatic heterocycles. The summed E-state index contributed by atoms with van der Waals surface area (Å²) in [4.78, 5) is 25.4. The van der Waals surface area contributed by atoms with Crippen LogP contribution in [0.25, 0.3) is 0 Å². The first kappa shape index (κ1) is 21.9. The second kappa shape index (κ2) is 10.3. The number of aromatic nitrogens is 5. The van der Waals surface area contributed by atoms with E-state index in [1.165, 1.54) is 11.8 Å². The van der Waals surface area contributed by atoms with Gasteiger partial charge in [0.2, 0.25) is 5.89 Å². The van der Waals surface area contributed by atoms with Gasteiger partial charge in [0.05, 0.1) is 11.3 Å². The maximum atomic E-state index is 12.5. The highest BCUT2D eigenvalue weighted by molar-refractivity contribution is 7.98. The van der Waals surface area contributed by atoms with Crippen LogP contribution in [-0.2, 0) is 29.9 Å². The van der Waals surface area contributed by atoms with Crippen molar-refractivity contribution < 1.29 is 18.6 Å². The third-order valence-corrected chi connectivity index (χ3v) is 4.84.